The van der Waals surface area contributed by atoms with Gasteiger partial charge in [-0.05, 0) is 43.3 Å². The summed E-state index contributed by atoms with van der Waals surface area (Å²) >= 11 is 0. The van der Waals surface area contributed by atoms with Crippen LogP contribution < -0.4 is 15.4 Å². The fourth-order valence-corrected chi connectivity index (χ4v) is 3.88. The molecule has 0 saturated heterocycles. The lowest BCUT2D eigenvalue weighted by molar-refractivity contribution is -0.0228. The average Bonchev–Trinajstić information content (AvgIpc) is 3.43. The van der Waals surface area contributed by atoms with Crippen molar-refractivity contribution in [3.05, 3.63) is 89.2 Å². The second kappa shape index (κ2) is 8.29. The van der Waals surface area contributed by atoms with E-state index in [0.29, 0.717) is 34.2 Å². The van der Waals surface area contributed by atoms with Crippen LogP contribution in [0, 0.1) is 11.6 Å². The number of halogens is 2. The number of nitrogens with one attached hydrogen (secondary N) is 2. The van der Waals surface area contributed by atoms with Gasteiger partial charge in [-0.3, -0.25) is 0 Å². The zero-order valence-electron chi connectivity index (χ0n) is 18.7. The quantitative estimate of drug-likeness (QED) is 0.442. The predicted molar refractivity (Wildman–Crippen MR) is 122 cm³/mol. The second-order valence-corrected chi connectivity index (χ2v) is 8.09. The highest BCUT2D eigenvalue weighted by molar-refractivity contribution is 6.04. The highest BCUT2D eigenvalue weighted by atomic mass is 19.1. The molecule has 2 unspecified atom stereocenters. The molecule has 0 amide bonds. The lowest BCUT2D eigenvalue weighted by Gasteiger charge is -2.23. The third kappa shape index (κ3) is 3.87. The van der Waals surface area contributed by atoms with E-state index in [1.165, 1.54) is 24.3 Å². The Labute approximate surface area is 194 Å². The van der Waals surface area contributed by atoms with Gasteiger partial charge < -0.3 is 20.2 Å². The van der Waals surface area contributed by atoms with E-state index < -0.39 is 5.72 Å². The maximum atomic E-state index is 13.8. The van der Waals surface area contributed by atoms with Crippen molar-refractivity contribution >= 4 is 17.3 Å². The molecule has 0 aliphatic carbocycles. The van der Waals surface area contributed by atoms with Crippen LogP contribution in [-0.2, 0) is 10.6 Å². The predicted octanol–water partition coefficient (Wildman–Crippen LogP) is 4.34. The van der Waals surface area contributed by atoms with Crippen LogP contribution in [0.5, 0.6) is 5.75 Å². The number of fused-ring (bicyclic) bond motifs is 1. The van der Waals surface area contributed by atoms with Gasteiger partial charge in [-0.2, -0.15) is 5.10 Å². The van der Waals surface area contributed by atoms with Crippen LogP contribution in [0.2, 0.25) is 0 Å². The first-order valence-corrected chi connectivity index (χ1v) is 10.6. The molecule has 2 atom stereocenters. The third-order valence-electron chi connectivity index (χ3n) is 5.72. The molecule has 2 aromatic heterocycles. The van der Waals surface area contributed by atoms with Gasteiger partial charge in [-0.1, -0.05) is 17.3 Å². The molecule has 0 radical (unpaired) electrons. The molecule has 4 aromatic rings. The van der Waals surface area contributed by atoms with Gasteiger partial charge >= 0.3 is 0 Å². The van der Waals surface area contributed by atoms with Crippen LogP contribution in [0.4, 0.5) is 14.6 Å². The SMILES string of the molecule is COc1ccc(F)cc1C(C)Nc1ccn2ncc(C3=NOC(C)(c4ccc(F)cc4)N3)c2n1. The number of amidine groups is 1. The average molecular weight is 464 g/mol. The molecule has 0 saturated carbocycles. The number of benzene rings is 2. The molecule has 2 aromatic carbocycles. The molecule has 5 rings (SSSR count). The summed E-state index contributed by atoms with van der Waals surface area (Å²) in [4.78, 5) is 10.3. The summed E-state index contributed by atoms with van der Waals surface area (Å²) in [6, 6.07) is 11.9. The molecular formula is C24H22F2N6O2. The number of methoxy groups -OCH3 is 1. The minimum Gasteiger partial charge on any atom is -0.496 e. The van der Waals surface area contributed by atoms with E-state index in [1.54, 1.807) is 55.2 Å². The number of aromatic nitrogens is 3. The van der Waals surface area contributed by atoms with Gasteiger partial charge in [0.15, 0.2) is 11.5 Å². The third-order valence-corrected chi connectivity index (χ3v) is 5.72. The first kappa shape index (κ1) is 21.6. The van der Waals surface area contributed by atoms with Crippen molar-refractivity contribution in [1.29, 1.82) is 0 Å². The van der Waals surface area contributed by atoms with Crippen molar-refractivity contribution in [2.75, 3.05) is 12.4 Å². The van der Waals surface area contributed by atoms with Crippen LogP contribution in [0.3, 0.4) is 0 Å². The summed E-state index contributed by atoms with van der Waals surface area (Å²) < 4.78 is 34.1. The van der Waals surface area contributed by atoms with Crippen molar-refractivity contribution in [3.63, 3.8) is 0 Å². The van der Waals surface area contributed by atoms with Crippen LogP contribution in [0.15, 0.2) is 66.1 Å². The summed E-state index contributed by atoms with van der Waals surface area (Å²) in [5.74, 6) is 0.915. The molecule has 10 heteroatoms. The first-order chi connectivity index (χ1) is 16.4. The fourth-order valence-electron chi connectivity index (χ4n) is 3.88. The van der Waals surface area contributed by atoms with Gasteiger partial charge in [-0.15, -0.1) is 0 Å². The molecule has 2 N–H and O–H groups in total. The minimum atomic E-state index is -0.963. The van der Waals surface area contributed by atoms with E-state index in [2.05, 4.69) is 25.9 Å². The molecule has 0 bridgehead atoms. The Morgan fingerprint density at radius 2 is 1.88 bits per heavy atom. The monoisotopic (exact) mass is 464 g/mol. The summed E-state index contributed by atoms with van der Waals surface area (Å²) in [5, 5.41) is 15.1. The lowest BCUT2D eigenvalue weighted by Crippen LogP contribution is -2.39. The largest absolute Gasteiger partial charge is 0.496 e. The van der Waals surface area contributed by atoms with E-state index in [-0.39, 0.29) is 17.7 Å². The number of hydrogen-bond donors (Lipinski definition) is 2. The van der Waals surface area contributed by atoms with Gasteiger partial charge in [0, 0.05) is 24.2 Å². The van der Waals surface area contributed by atoms with Crippen molar-refractivity contribution < 1.29 is 18.4 Å². The summed E-state index contributed by atoms with van der Waals surface area (Å²) in [7, 11) is 1.55. The molecule has 0 spiro atoms. The number of ether oxygens (including phenoxy) is 1. The Kier molecular flexibility index (Phi) is 5.27. The summed E-state index contributed by atoms with van der Waals surface area (Å²) in [6.07, 6.45) is 3.40. The standard InChI is InChI=1S/C24H22F2N6O2/c1-14(18-12-17(26)8-9-20(18)33-3)28-21-10-11-32-23(29-21)19(13-27-32)22-30-24(2,34-31-22)15-4-6-16(25)7-5-15/h4-14H,1-3H3,(H,28,29)(H,30,31). The van der Waals surface area contributed by atoms with Crippen LogP contribution in [-0.4, -0.2) is 27.5 Å². The number of anilines is 1. The Hall–Kier alpha value is -4.21. The Morgan fingerprint density at radius 1 is 1.12 bits per heavy atom. The zero-order valence-corrected chi connectivity index (χ0v) is 18.7. The Bertz CT molecular complexity index is 1390. The molecule has 1 aliphatic heterocycles. The minimum absolute atomic E-state index is 0.279. The number of nitrogens with zero attached hydrogens (tertiary/aromatic N) is 4. The number of oxime groups is 1. The van der Waals surface area contributed by atoms with Crippen LogP contribution in [0.1, 0.15) is 36.6 Å². The van der Waals surface area contributed by atoms with Crippen molar-refractivity contribution in [2.45, 2.75) is 25.6 Å². The molecule has 174 valence electrons. The van der Waals surface area contributed by atoms with Gasteiger partial charge in [-0.25, -0.2) is 18.3 Å². The first-order valence-electron chi connectivity index (χ1n) is 10.6. The van der Waals surface area contributed by atoms with Gasteiger partial charge in [0.25, 0.3) is 0 Å². The second-order valence-electron chi connectivity index (χ2n) is 8.09. The van der Waals surface area contributed by atoms with Crippen molar-refractivity contribution in [3.8, 4) is 5.75 Å². The summed E-state index contributed by atoms with van der Waals surface area (Å²) in [6.45, 7) is 3.70. The van der Waals surface area contributed by atoms with E-state index in [4.69, 9.17) is 9.57 Å². The van der Waals surface area contributed by atoms with Crippen LogP contribution >= 0.6 is 0 Å². The van der Waals surface area contributed by atoms with Gasteiger partial charge in [0.2, 0.25) is 5.72 Å². The van der Waals surface area contributed by atoms with E-state index in [1.807, 2.05) is 6.92 Å². The van der Waals surface area contributed by atoms with E-state index in [9.17, 15) is 8.78 Å². The van der Waals surface area contributed by atoms with Gasteiger partial charge in [0.1, 0.15) is 23.2 Å². The topological polar surface area (TPSA) is 85.1 Å². The highest BCUT2D eigenvalue weighted by Gasteiger charge is 2.37. The number of hydrogen-bond acceptors (Lipinski definition) is 7. The molecule has 0 fully saturated rings. The lowest BCUT2D eigenvalue weighted by atomic mass is 10.0. The molecular weight excluding hydrogens is 442 g/mol. The van der Waals surface area contributed by atoms with E-state index in [0.717, 1.165) is 5.56 Å². The van der Waals surface area contributed by atoms with Gasteiger partial charge in [0.05, 0.1) is 24.9 Å². The normalized spacial score (nSPS) is 18.2. The fraction of sp³-hybridized carbons (Fsp3) is 0.208. The Morgan fingerprint density at radius 3 is 2.65 bits per heavy atom. The van der Waals surface area contributed by atoms with Crippen LogP contribution in [0.25, 0.3) is 5.65 Å². The zero-order chi connectivity index (χ0) is 23.9. The van der Waals surface area contributed by atoms with Crippen molar-refractivity contribution in [1.82, 2.24) is 19.9 Å². The highest BCUT2D eigenvalue weighted by Crippen LogP contribution is 2.30. The molecule has 3 heterocycles. The molecule has 34 heavy (non-hydrogen) atoms. The maximum absolute atomic E-state index is 13.8. The maximum Gasteiger partial charge on any atom is 0.232 e. The number of rotatable bonds is 6. The molecule has 8 nitrogen and oxygen atoms in total. The smallest absolute Gasteiger partial charge is 0.232 e. The van der Waals surface area contributed by atoms with Crippen molar-refractivity contribution in [2.24, 2.45) is 5.16 Å². The molecule has 1 aliphatic rings. The Balaban J connectivity index is 1.41. The summed E-state index contributed by atoms with van der Waals surface area (Å²) in [5.41, 5.74) is 1.60. The van der Waals surface area contributed by atoms with E-state index >= 15 is 0 Å².